The molecule has 3 rings (SSSR count). The zero-order valence-electron chi connectivity index (χ0n) is 13.3. The van der Waals surface area contributed by atoms with E-state index < -0.39 is 4.92 Å². The fourth-order valence-corrected chi connectivity index (χ4v) is 3.65. The van der Waals surface area contributed by atoms with Crippen molar-refractivity contribution < 1.29 is 9.66 Å². The fraction of sp³-hybridized carbons (Fsp3) is 0.133. The molecule has 0 bridgehead atoms. The number of nitrogens with one attached hydrogen (secondary N) is 1. The summed E-state index contributed by atoms with van der Waals surface area (Å²) in [6.07, 6.45) is 1.24. The molecule has 0 aliphatic rings. The highest BCUT2D eigenvalue weighted by Gasteiger charge is 2.13. The molecule has 10 heteroatoms. The quantitative estimate of drug-likeness (QED) is 0.508. The lowest BCUT2D eigenvalue weighted by Gasteiger charge is -2.03. The van der Waals surface area contributed by atoms with Gasteiger partial charge >= 0.3 is 0 Å². The van der Waals surface area contributed by atoms with E-state index in [1.165, 1.54) is 35.4 Å². The van der Waals surface area contributed by atoms with E-state index in [-0.39, 0.29) is 5.69 Å². The van der Waals surface area contributed by atoms with Crippen LogP contribution in [0.5, 0.6) is 5.75 Å². The average Bonchev–Trinajstić information content (AvgIpc) is 3.04. The second-order valence-electron chi connectivity index (χ2n) is 4.90. The molecule has 0 fully saturated rings. The Morgan fingerprint density at radius 2 is 2.04 bits per heavy atom. The van der Waals surface area contributed by atoms with Gasteiger partial charge < -0.3 is 10.1 Å². The molecule has 0 aliphatic carbocycles. The smallest absolute Gasteiger partial charge is 0.287 e. The lowest BCUT2D eigenvalue weighted by molar-refractivity contribution is -0.385. The van der Waals surface area contributed by atoms with Crippen molar-refractivity contribution in [3.63, 3.8) is 0 Å². The molecule has 2 heterocycles. The summed E-state index contributed by atoms with van der Waals surface area (Å²) in [5, 5.41) is 23.4. The van der Waals surface area contributed by atoms with Gasteiger partial charge in [-0.3, -0.25) is 10.1 Å². The van der Waals surface area contributed by atoms with Crippen LogP contribution in [0.25, 0.3) is 0 Å². The molecular weight excluding hydrogens is 362 g/mol. The Morgan fingerprint density at radius 3 is 2.68 bits per heavy atom. The minimum absolute atomic E-state index is 0.0269. The highest BCUT2D eigenvalue weighted by atomic mass is 32.2. The van der Waals surface area contributed by atoms with Crippen LogP contribution in [0.15, 0.2) is 45.9 Å². The summed E-state index contributed by atoms with van der Waals surface area (Å²) in [7, 11) is 1.62. The van der Waals surface area contributed by atoms with Gasteiger partial charge in [0.1, 0.15) is 17.0 Å². The van der Waals surface area contributed by atoms with Gasteiger partial charge in [-0.25, -0.2) is 4.98 Å². The van der Waals surface area contributed by atoms with Gasteiger partial charge in [0.05, 0.1) is 12.0 Å². The first-order chi connectivity index (χ1) is 12.0. The third kappa shape index (κ3) is 4.22. The van der Waals surface area contributed by atoms with Crippen LogP contribution in [-0.2, 0) is 0 Å². The molecule has 0 unspecified atom stereocenters. The van der Waals surface area contributed by atoms with Crippen LogP contribution in [0.1, 0.15) is 5.56 Å². The minimum Gasteiger partial charge on any atom is -0.497 e. The molecule has 128 valence electrons. The van der Waals surface area contributed by atoms with Crippen molar-refractivity contribution in [1.29, 1.82) is 0 Å². The van der Waals surface area contributed by atoms with Crippen molar-refractivity contribution in [2.24, 2.45) is 0 Å². The predicted molar refractivity (Wildman–Crippen MR) is 95.9 cm³/mol. The van der Waals surface area contributed by atoms with Crippen molar-refractivity contribution in [3.05, 3.63) is 52.2 Å². The van der Waals surface area contributed by atoms with Gasteiger partial charge in [0.15, 0.2) is 4.34 Å². The number of hydrogen-bond donors (Lipinski definition) is 1. The Bertz CT molecular complexity index is 898. The van der Waals surface area contributed by atoms with Crippen molar-refractivity contribution in [3.8, 4) is 5.75 Å². The van der Waals surface area contributed by atoms with E-state index in [9.17, 15) is 10.1 Å². The molecule has 25 heavy (non-hydrogen) atoms. The summed E-state index contributed by atoms with van der Waals surface area (Å²) >= 11 is 2.70. The average molecular weight is 375 g/mol. The maximum atomic E-state index is 10.8. The monoisotopic (exact) mass is 375 g/mol. The summed E-state index contributed by atoms with van der Waals surface area (Å²) in [5.74, 6) is 0.777. The van der Waals surface area contributed by atoms with Crippen LogP contribution < -0.4 is 10.1 Å². The maximum absolute atomic E-state index is 10.8. The lowest BCUT2D eigenvalue weighted by atomic mass is 10.3. The van der Waals surface area contributed by atoms with Gasteiger partial charge in [0, 0.05) is 11.8 Å². The normalized spacial score (nSPS) is 10.5. The molecule has 8 nitrogen and oxygen atoms in total. The van der Waals surface area contributed by atoms with Gasteiger partial charge in [0.25, 0.3) is 5.69 Å². The number of hydrogen-bond acceptors (Lipinski definition) is 9. The van der Waals surface area contributed by atoms with E-state index in [0.717, 1.165) is 17.0 Å². The zero-order valence-corrected chi connectivity index (χ0v) is 14.9. The summed E-state index contributed by atoms with van der Waals surface area (Å²) < 4.78 is 5.81. The van der Waals surface area contributed by atoms with Crippen molar-refractivity contribution in [1.82, 2.24) is 15.2 Å². The predicted octanol–water partition coefficient (Wildman–Crippen LogP) is 4.05. The summed E-state index contributed by atoms with van der Waals surface area (Å²) in [6.45, 7) is 1.78. The Labute approximate surface area is 151 Å². The topological polar surface area (TPSA) is 103 Å². The van der Waals surface area contributed by atoms with E-state index in [1.807, 2.05) is 24.3 Å². The molecule has 0 saturated heterocycles. The van der Waals surface area contributed by atoms with Crippen LogP contribution in [0.2, 0.25) is 0 Å². The number of nitro groups is 1. The number of ether oxygens (including phenoxy) is 1. The lowest BCUT2D eigenvalue weighted by Crippen LogP contribution is -1.92. The Kier molecular flexibility index (Phi) is 5.10. The maximum Gasteiger partial charge on any atom is 0.287 e. The highest BCUT2D eigenvalue weighted by molar-refractivity contribution is 8.01. The molecule has 0 spiro atoms. The second-order valence-corrected chi connectivity index (χ2v) is 7.11. The van der Waals surface area contributed by atoms with Gasteiger partial charge in [-0.1, -0.05) is 11.3 Å². The standard InChI is InChI=1S/C15H13N5O3S2/c1-9-7-11(20(21)22)8-16-13(9)24-15-19-18-14(25-15)17-10-3-5-12(23-2)6-4-10/h3-8H,1-2H3,(H,17,18). The largest absolute Gasteiger partial charge is 0.497 e. The van der Waals surface area contributed by atoms with Crippen LogP contribution in [0.4, 0.5) is 16.5 Å². The first-order valence-electron chi connectivity index (χ1n) is 7.08. The van der Waals surface area contributed by atoms with Gasteiger partial charge in [-0.05, 0) is 48.5 Å². The summed E-state index contributed by atoms with van der Waals surface area (Å²) in [5.41, 5.74) is 1.57. The number of aromatic nitrogens is 3. The Balaban J connectivity index is 1.70. The number of rotatable bonds is 6. The molecule has 3 aromatic rings. The van der Waals surface area contributed by atoms with E-state index in [4.69, 9.17) is 4.74 Å². The first-order valence-corrected chi connectivity index (χ1v) is 8.72. The van der Waals surface area contributed by atoms with Crippen molar-refractivity contribution >= 4 is 39.6 Å². The number of pyridine rings is 1. The van der Waals surface area contributed by atoms with E-state index in [1.54, 1.807) is 14.0 Å². The van der Waals surface area contributed by atoms with E-state index >= 15 is 0 Å². The molecule has 2 aromatic heterocycles. The van der Waals surface area contributed by atoms with Crippen molar-refractivity contribution in [2.75, 3.05) is 12.4 Å². The highest BCUT2D eigenvalue weighted by Crippen LogP contribution is 2.34. The Hall–Kier alpha value is -2.72. The zero-order chi connectivity index (χ0) is 17.8. The fourth-order valence-electron chi connectivity index (χ4n) is 1.94. The van der Waals surface area contributed by atoms with E-state index in [0.29, 0.717) is 14.5 Å². The van der Waals surface area contributed by atoms with Crippen LogP contribution >= 0.6 is 23.1 Å². The van der Waals surface area contributed by atoms with Crippen LogP contribution in [0, 0.1) is 17.0 Å². The molecule has 0 saturated carbocycles. The second kappa shape index (κ2) is 7.45. The molecule has 0 atom stereocenters. The van der Waals surface area contributed by atoms with Crippen molar-refractivity contribution in [2.45, 2.75) is 16.3 Å². The Morgan fingerprint density at radius 1 is 1.28 bits per heavy atom. The third-order valence-corrected chi connectivity index (χ3v) is 5.17. The number of anilines is 2. The summed E-state index contributed by atoms with van der Waals surface area (Å²) in [6, 6.07) is 8.96. The first kappa shape index (κ1) is 17.1. The van der Waals surface area contributed by atoms with Gasteiger partial charge in [-0.2, -0.15) is 0 Å². The van der Waals surface area contributed by atoms with E-state index in [2.05, 4.69) is 20.5 Å². The SMILES string of the molecule is COc1ccc(Nc2nnc(Sc3ncc([N+](=O)[O-])cc3C)s2)cc1. The molecule has 0 aliphatic heterocycles. The number of methoxy groups -OCH3 is 1. The molecule has 0 radical (unpaired) electrons. The van der Waals surface area contributed by atoms with Crippen LogP contribution in [0.3, 0.4) is 0 Å². The number of benzene rings is 1. The molecule has 1 aromatic carbocycles. The minimum atomic E-state index is -0.462. The third-order valence-electron chi connectivity index (χ3n) is 3.16. The number of nitrogens with zero attached hydrogens (tertiary/aromatic N) is 4. The van der Waals surface area contributed by atoms with Gasteiger partial charge in [-0.15, -0.1) is 10.2 Å². The van der Waals surface area contributed by atoms with Crippen LogP contribution in [-0.4, -0.2) is 27.2 Å². The molecule has 0 amide bonds. The molecule has 1 N–H and O–H groups in total. The number of aryl methyl sites for hydroxylation is 1. The molecular formula is C15H13N5O3S2. The summed E-state index contributed by atoms with van der Waals surface area (Å²) in [4.78, 5) is 14.4. The van der Waals surface area contributed by atoms with Gasteiger partial charge in [0.2, 0.25) is 5.13 Å².